The number of hydrogen-bond acceptors (Lipinski definition) is 1. The molecule has 2 heteroatoms. The Labute approximate surface area is 190 Å². The second-order valence-electron chi connectivity index (χ2n) is 7.67. The van der Waals surface area contributed by atoms with Crippen LogP contribution in [0.4, 0.5) is 5.69 Å². The van der Waals surface area contributed by atoms with Crippen molar-refractivity contribution in [3.63, 3.8) is 0 Å². The van der Waals surface area contributed by atoms with E-state index in [1.807, 2.05) is 37.3 Å². The molecule has 0 unspecified atom stereocenters. The van der Waals surface area contributed by atoms with Crippen molar-refractivity contribution in [1.29, 1.82) is 0 Å². The van der Waals surface area contributed by atoms with Gasteiger partial charge in [0.1, 0.15) is 0 Å². The molecule has 2 rings (SSSR count). The van der Waals surface area contributed by atoms with Crippen LogP contribution < -0.4 is 5.32 Å². The number of nitrogens with one attached hydrogen (secondary N) is 1. The summed E-state index contributed by atoms with van der Waals surface area (Å²) in [7, 11) is 0. The molecule has 0 radical (unpaired) electrons. The zero-order chi connectivity index (χ0) is 22.5. The molecule has 0 aromatic heterocycles. The predicted octanol–water partition coefficient (Wildman–Crippen LogP) is 8.59. The molecule has 154 valence electrons. The van der Waals surface area contributed by atoms with E-state index in [1.165, 1.54) is 22.3 Å². The molecule has 0 spiro atoms. The SMILES string of the molecule is C=C/C=C\C(=C)C(=C)/C=C\C(=C)Nc1cc(Br)c2c(c1)C(/C=C\C)=C(C=C)C2(C)C. The lowest BCUT2D eigenvalue weighted by Gasteiger charge is -2.24. The number of benzene rings is 1. The molecule has 1 nitrogen and oxygen atoms in total. The van der Waals surface area contributed by atoms with Crippen LogP contribution in [0.25, 0.3) is 5.57 Å². The average molecular weight is 460 g/mol. The third-order valence-electron chi connectivity index (χ3n) is 5.14. The summed E-state index contributed by atoms with van der Waals surface area (Å²) >= 11 is 3.79. The lowest BCUT2D eigenvalue weighted by atomic mass is 9.81. The first-order valence-electron chi connectivity index (χ1n) is 9.82. The summed E-state index contributed by atoms with van der Waals surface area (Å²) in [5.41, 5.74) is 8.19. The molecule has 0 atom stereocenters. The van der Waals surface area contributed by atoms with Crippen molar-refractivity contribution in [3.8, 4) is 0 Å². The van der Waals surface area contributed by atoms with Crippen LogP contribution in [0.2, 0.25) is 0 Å². The average Bonchev–Trinajstić information content (AvgIpc) is 2.90. The van der Waals surface area contributed by atoms with Crippen molar-refractivity contribution in [2.75, 3.05) is 5.32 Å². The van der Waals surface area contributed by atoms with E-state index in [2.05, 4.69) is 92.3 Å². The van der Waals surface area contributed by atoms with Crippen molar-refractivity contribution >= 4 is 27.2 Å². The van der Waals surface area contributed by atoms with Crippen LogP contribution in [0.5, 0.6) is 0 Å². The van der Waals surface area contributed by atoms with Crippen molar-refractivity contribution < 1.29 is 0 Å². The minimum absolute atomic E-state index is 0.114. The molecule has 0 aliphatic heterocycles. The molecule has 1 aromatic rings. The minimum Gasteiger partial charge on any atom is -0.356 e. The second-order valence-corrected chi connectivity index (χ2v) is 8.52. The molecular formula is C28H30BrN. The van der Waals surface area contributed by atoms with Crippen LogP contribution in [0.3, 0.4) is 0 Å². The van der Waals surface area contributed by atoms with Gasteiger partial charge >= 0.3 is 0 Å². The minimum atomic E-state index is -0.114. The Morgan fingerprint density at radius 2 is 1.70 bits per heavy atom. The van der Waals surface area contributed by atoms with Gasteiger partial charge in [0.05, 0.1) is 0 Å². The van der Waals surface area contributed by atoms with Crippen molar-refractivity contribution in [2.24, 2.45) is 0 Å². The van der Waals surface area contributed by atoms with E-state index in [0.717, 1.165) is 27.0 Å². The number of allylic oxidation sites excluding steroid dienone is 12. The van der Waals surface area contributed by atoms with Gasteiger partial charge in [0.15, 0.2) is 0 Å². The highest BCUT2D eigenvalue weighted by Gasteiger charge is 2.37. The van der Waals surface area contributed by atoms with Gasteiger partial charge in [-0.3, -0.25) is 0 Å². The number of fused-ring (bicyclic) bond motifs is 1. The second kappa shape index (κ2) is 9.77. The molecule has 0 saturated carbocycles. The molecule has 1 N–H and O–H groups in total. The van der Waals surface area contributed by atoms with Gasteiger partial charge < -0.3 is 5.32 Å². The van der Waals surface area contributed by atoms with Gasteiger partial charge in [-0.2, -0.15) is 0 Å². The topological polar surface area (TPSA) is 12.0 Å². The van der Waals surface area contributed by atoms with Crippen LogP contribution in [0.15, 0.2) is 121 Å². The van der Waals surface area contributed by atoms with Gasteiger partial charge in [-0.25, -0.2) is 0 Å². The molecular weight excluding hydrogens is 430 g/mol. The van der Waals surface area contributed by atoms with E-state index in [4.69, 9.17) is 0 Å². The van der Waals surface area contributed by atoms with Gasteiger partial charge in [0, 0.05) is 21.3 Å². The summed E-state index contributed by atoms with van der Waals surface area (Å²) in [6, 6.07) is 4.27. The molecule has 0 bridgehead atoms. The highest BCUT2D eigenvalue weighted by Crippen LogP contribution is 2.51. The summed E-state index contributed by atoms with van der Waals surface area (Å²) < 4.78 is 1.07. The predicted molar refractivity (Wildman–Crippen MR) is 139 cm³/mol. The van der Waals surface area contributed by atoms with Crippen LogP contribution in [-0.2, 0) is 5.41 Å². The number of rotatable bonds is 9. The maximum absolute atomic E-state index is 4.12. The molecule has 1 aromatic carbocycles. The van der Waals surface area contributed by atoms with Gasteiger partial charge in [-0.1, -0.05) is 105 Å². The van der Waals surface area contributed by atoms with Crippen molar-refractivity contribution in [3.05, 3.63) is 132 Å². The lowest BCUT2D eigenvalue weighted by molar-refractivity contribution is 0.651. The number of anilines is 1. The Morgan fingerprint density at radius 1 is 1.03 bits per heavy atom. The van der Waals surface area contributed by atoms with E-state index in [9.17, 15) is 0 Å². The fourth-order valence-electron chi connectivity index (χ4n) is 3.68. The number of halogens is 1. The van der Waals surface area contributed by atoms with Crippen molar-refractivity contribution in [2.45, 2.75) is 26.2 Å². The van der Waals surface area contributed by atoms with Crippen LogP contribution in [0.1, 0.15) is 31.9 Å². The standard InChI is InChI=1S/C28H30BrN/c1-9-12-14-19(4)20(5)15-16-21(6)30-22-17-24-23(13-10-2)25(11-3)28(7,8)27(24)26(29)18-22/h9-18,30H,1,3-6H2,2,7-8H3/b13-10-,14-12-,16-15-. The normalized spacial score (nSPS) is 15.1. The van der Waals surface area contributed by atoms with E-state index >= 15 is 0 Å². The summed E-state index contributed by atoms with van der Waals surface area (Å²) in [5, 5.41) is 3.38. The Balaban J connectivity index is 2.32. The quantitative estimate of drug-likeness (QED) is 0.364. The molecule has 0 saturated heterocycles. The Bertz CT molecular complexity index is 1040. The van der Waals surface area contributed by atoms with E-state index in [1.54, 1.807) is 6.08 Å². The first-order chi connectivity index (χ1) is 14.2. The van der Waals surface area contributed by atoms with Crippen LogP contribution >= 0.6 is 15.9 Å². The Hall–Kier alpha value is -2.84. The lowest BCUT2D eigenvalue weighted by Crippen LogP contribution is -2.17. The zero-order valence-electron chi connectivity index (χ0n) is 18.2. The van der Waals surface area contributed by atoms with E-state index < -0.39 is 0 Å². The fourth-order valence-corrected chi connectivity index (χ4v) is 4.64. The first kappa shape index (κ1) is 23.4. The van der Waals surface area contributed by atoms with Gasteiger partial charge in [0.25, 0.3) is 0 Å². The highest BCUT2D eigenvalue weighted by molar-refractivity contribution is 9.10. The summed E-state index contributed by atoms with van der Waals surface area (Å²) in [4.78, 5) is 0. The maximum atomic E-state index is 4.12. The summed E-state index contributed by atoms with van der Waals surface area (Å²) in [5.74, 6) is 0. The van der Waals surface area contributed by atoms with Crippen LogP contribution in [-0.4, -0.2) is 0 Å². The maximum Gasteiger partial charge on any atom is 0.0401 e. The monoisotopic (exact) mass is 459 g/mol. The van der Waals surface area contributed by atoms with E-state index in [-0.39, 0.29) is 5.41 Å². The van der Waals surface area contributed by atoms with Crippen LogP contribution in [0, 0.1) is 0 Å². The number of hydrogen-bond donors (Lipinski definition) is 1. The summed E-state index contributed by atoms with van der Waals surface area (Å²) in [6.45, 7) is 26.4. The van der Waals surface area contributed by atoms with Gasteiger partial charge in [0.2, 0.25) is 0 Å². The molecule has 0 fully saturated rings. The fraction of sp³-hybridized carbons (Fsp3) is 0.143. The Kier molecular flexibility index (Phi) is 7.64. The zero-order valence-corrected chi connectivity index (χ0v) is 19.8. The van der Waals surface area contributed by atoms with E-state index in [0.29, 0.717) is 0 Å². The Morgan fingerprint density at radius 3 is 2.30 bits per heavy atom. The third-order valence-corrected chi connectivity index (χ3v) is 5.77. The highest BCUT2D eigenvalue weighted by atomic mass is 79.9. The smallest absolute Gasteiger partial charge is 0.0401 e. The van der Waals surface area contributed by atoms with Gasteiger partial charge in [-0.05, 0) is 58.6 Å². The largest absolute Gasteiger partial charge is 0.356 e. The molecule has 1 aliphatic rings. The molecule has 1 aliphatic carbocycles. The summed E-state index contributed by atoms with van der Waals surface area (Å²) in [6.07, 6.45) is 15.4. The molecule has 30 heavy (non-hydrogen) atoms. The first-order valence-corrected chi connectivity index (χ1v) is 10.6. The third kappa shape index (κ3) is 4.83. The van der Waals surface area contributed by atoms with Gasteiger partial charge in [-0.15, -0.1) is 0 Å². The molecule has 0 heterocycles. The molecule has 0 amide bonds. The van der Waals surface area contributed by atoms with Crippen molar-refractivity contribution in [1.82, 2.24) is 0 Å².